The van der Waals surface area contributed by atoms with Crippen LogP contribution >= 0.6 is 0 Å². The van der Waals surface area contributed by atoms with Crippen molar-refractivity contribution in [2.45, 2.75) is 38.9 Å². The van der Waals surface area contributed by atoms with Gasteiger partial charge in [0.1, 0.15) is 12.7 Å². The number of hydrogen-bond donors (Lipinski definition) is 0. The number of benzene rings is 1. The standard InChI is InChI=1S/C18H25NO4/c1-3-19(2)18(21)16-10-9-15(13-22-16)11-17(20)23-12-14-7-5-4-6-8-14/h4-8,15-16H,3,9-13H2,1-2H3/t15-,16-/m0/s1. The third kappa shape index (κ3) is 5.36. The summed E-state index contributed by atoms with van der Waals surface area (Å²) in [4.78, 5) is 25.6. The number of nitrogens with zero attached hydrogens (tertiary/aromatic N) is 1. The quantitative estimate of drug-likeness (QED) is 0.756. The van der Waals surface area contributed by atoms with Crippen LogP contribution in [0.25, 0.3) is 0 Å². The molecule has 0 radical (unpaired) electrons. The highest BCUT2D eigenvalue weighted by Crippen LogP contribution is 2.23. The highest BCUT2D eigenvalue weighted by atomic mass is 16.5. The van der Waals surface area contributed by atoms with Gasteiger partial charge in [0.15, 0.2) is 0 Å². The predicted molar refractivity (Wildman–Crippen MR) is 86.6 cm³/mol. The first kappa shape index (κ1) is 17.5. The minimum atomic E-state index is -0.364. The lowest BCUT2D eigenvalue weighted by atomic mass is 9.95. The van der Waals surface area contributed by atoms with Crippen LogP contribution in [0.5, 0.6) is 0 Å². The average Bonchev–Trinajstić information content (AvgIpc) is 2.60. The molecule has 5 nitrogen and oxygen atoms in total. The summed E-state index contributed by atoms with van der Waals surface area (Å²) in [6.45, 7) is 3.35. The predicted octanol–water partition coefficient (Wildman–Crippen LogP) is 2.39. The number of carbonyl (C=O) groups excluding carboxylic acids is 2. The van der Waals surface area contributed by atoms with E-state index in [9.17, 15) is 9.59 Å². The van der Waals surface area contributed by atoms with Gasteiger partial charge >= 0.3 is 5.97 Å². The van der Waals surface area contributed by atoms with Gasteiger partial charge < -0.3 is 14.4 Å². The van der Waals surface area contributed by atoms with E-state index in [1.165, 1.54) is 0 Å². The number of ether oxygens (including phenoxy) is 2. The molecule has 1 amide bonds. The van der Waals surface area contributed by atoms with Crippen LogP contribution < -0.4 is 0 Å². The van der Waals surface area contributed by atoms with Crippen LogP contribution in [0.15, 0.2) is 30.3 Å². The summed E-state index contributed by atoms with van der Waals surface area (Å²) in [7, 11) is 1.78. The fourth-order valence-corrected chi connectivity index (χ4v) is 2.60. The monoisotopic (exact) mass is 319 g/mol. The molecule has 2 rings (SSSR count). The van der Waals surface area contributed by atoms with Gasteiger partial charge in [-0.05, 0) is 31.2 Å². The summed E-state index contributed by atoms with van der Waals surface area (Å²) in [5, 5.41) is 0. The molecule has 0 saturated carbocycles. The van der Waals surface area contributed by atoms with E-state index in [1.807, 2.05) is 37.3 Å². The number of esters is 1. The van der Waals surface area contributed by atoms with Gasteiger partial charge in [0.2, 0.25) is 0 Å². The van der Waals surface area contributed by atoms with Crippen molar-refractivity contribution in [2.75, 3.05) is 20.2 Å². The Bertz CT molecular complexity index is 509. The lowest BCUT2D eigenvalue weighted by molar-refractivity contribution is -0.151. The van der Waals surface area contributed by atoms with Gasteiger partial charge in [0.05, 0.1) is 13.0 Å². The number of rotatable bonds is 6. The number of amides is 1. The van der Waals surface area contributed by atoms with Crippen LogP contribution in [-0.4, -0.2) is 43.1 Å². The maximum absolute atomic E-state index is 12.0. The number of likely N-dealkylation sites (N-methyl/N-ethyl adjacent to an activating group) is 1. The van der Waals surface area contributed by atoms with Gasteiger partial charge in [0.25, 0.3) is 5.91 Å². The highest BCUT2D eigenvalue weighted by Gasteiger charge is 2.29. The van der Waals surface area contributed by atoms with Crippen molar-refractivity contribution in [3.05, 3.63) is 35.9 Å². The van der Waals surface area contributed by atoms with Crippen molar-refractivity contribution in [3.8, 4) is 0 Å². The molecule has 1 saturated heterocycles. The van der Waals surface area contributed by atoms with Crippen molar-refractivity contribution in [1.82, 2.24) is 4.90 Å². The summed E-state index contributed by atoms with van der Waals surface area (Å²) in [5.74, 6) is -0.0511. The van der Waals surface area contributed by atoms with E-state index in [0.29, 0.717) is 32.6 Å². The molecule has 1 aromatic carbocycles. The largest absolute Gasteiger partial charge is 0.461 e. The van der Waals surface area contributed by atoms with Crippen LogP contribution in [0.3, 0.4) is 0 Å². The Hall–Kier alpha value is -1.88. The molecule has 1 aliphatic heterocycles. The smallest absolute Gasteiger partial charge is 0.306 e. The normalized spacial score (nSPS) is 20.8. The Kier molecular flexibility index (Phi) is 6.59. The fraction of sp³-hybridized carbons (Fsp3) is 0.556. The zero-order valence-corrected chi connectivity index (χ0v) is 13.9. The Balaban J connectivity index is 1.69. The molecule has 0 unspecified atom stereocenters. The summed E-state index contributed by atoms with van der Waals surface area (Å²) >= 11 is 0. The van der Waals surface area contributed by atoms with Crippen molar-refractivity contribution >= 4 is 11.9 Å². The van der Waals surface area contributed by atoms with Gasteiger partial charge in [0, 0.05) is 13.6 Å². The lowest BCUT2D eigenvalue weighted by Gasteiger charge is -2.30. The van der Waals surface area contributed by atoms with Gasteiger partial charge in [-0.1, -0.05) is 30.3 Å². The van der Waals surface area contributed by atoms with Crippen molar-refractivity contribution < 1.29 is 19.1 Å². The maximum Gasteiger partial charge on any atom is 0.306 e. The average molecular weight is 319 g/mol. The second-order valence-corrected chi connectivity index (χ2v) is 5.97. The molecule has 2 atom stereocenters. The molecule has 1 fully saturated rings. The van der Waals surface area contributed by atoms with E-state index in [2.05, 4.69) is 0 Å². The molecule has 0 aromatic heterocycles. The van der Waals surface area contributed by atoms with Gasteiger partial charge in [-0.3, -0.25) is 9.59 Å². The summed E-state index contributed by atoms with van der Waals surface area (Å²) in [5.41, 5.74) is 0.981. The maximum atomic E-state index is 12.0. The zero-order chi connectivity index (χ0) is 16.7. The molecular formula is C18H25NO4. The Morgan fingerprint density at radius 2 is 2.00 bits per heavy atom. The van der Waals surface area contributed by atoms with E-state index in [0.717, 1.165) is 12.0 Å². The SMILES string of the molecule is CCN(C)C(=O)[C@@H]1CC[C@@H](CC(=O)OCc2ccccc2)CO1. The van der Waals surface area contributed by atoms with Crippen LogP contribution in [0.1, 0.15) is 31.7 Å². The van der Waals surface area contributed by atoms with E-state index < -0.39 is 0 Å². The Morgan fingerprint density at radius 1 is 1.26 bits per heavy atom. The summed E-state index contributed by atoms with van der Waals surface area (Å²) in [6, 6.07) is 9.62. The van der Waals surface area contributed by atoms with E-state index in [1.54, 1.807) is 11.9 Å². The van der Waals surface area contributed by atoms with Crippen LogP contribution in [-0.2, 0) is 25.7 Å². The first-order valence-corrected chi connectivity index (χ1v) is 8.16. The fourth-order valence-electron chi connectivity index (χ4n) is 2.60. The molecule has 0 N–H and O–H groups in total. The molecule has 23 heavy (non-hydrogen) atoms. The van der Waals surface area contributed by atoms with E-state index >= 15 is 0 Å². The van der Waals surface area contributed by atoms with Crippen LogP contribution in [0.4, 0.5) is 0 Å². The van der Waals surface area contributed by atoms with Crippen LogP contribution in [0.2, 0.25) is 0 Å². The number of carbonyl (C=O) groups is 2. The first-order valence-electron chi connectivity index (χ1n) is 8.16. The molecule has 1 heterocycles. The van der Waals surface area contributed by atoms with Crippen molar-refractivity contribution in [2.24, 2.45) is 5.92 Å². The third-order valence-corrected chi connectivity index (χ3v) is 4.19. The first-order chi connectivity index (χ1) is 11.1. The minimum Gasteiger partial charge on any atom is -0.461 e. The molecule has 0 spiro atoms. The van der Waals surface area contributed by atoms with E-state index in [4.69, 9.17) is 9.47 Å². The van der Waals surface area contributed by atoms with Gasteiger partial charge in [-0.25, -0.2) is 0 Å². The Morgan fingerprint density at radius 3 is 2.61 bits per heavy atom. The second kappa shape index (κ2) is 8.67. The Labute approximate surface area is 137 Å². The molecule has 126 valence electrons. The lowest BCUT2D eigenvalue weighted by Crippen LogP contribution is -2.41. The van der Waals surface area contributed by atoms with Crippen molar-refractivity contribution in [3.63, 3.8) is 0 Å². The topological polar surface area (TPSA) is 55.8 Å². The molecule has 0 bridgehead atoms. The van der Waals surface area contributed by atoms with Crippen molar-refractivity contribution in [1.29, 1.82) is 0 Å². The zero-order valence-electron chi connectivity index (χ0n) is 13.9. The third-order valence-electron chi connectivity index (χ3n) is 4.19. The molecule has 1 aromatic rings. The summed E-state index contributed by atoms with van der Waals surface area (Å²) in [6.07, 6.45) is 1.46. The second-order valence-electron chi connectivity index (χ2n) is 5.97. The molecule has 0 aliphatic carbocycles. The highest BCUT2D eigenvalue weighted by molar-refractivity contribution is 5.80. The van der Waals surface area contributed by atoms with E-state index in [-0.39, 0.29) is 23.9 Å². The minimum absolute atomic E-state index is 0.0256. The summed E-state index contributed by atoms with van der Waals surface area (Å²) < 4.78 is 10.9. The molecular weight excluding hydrogens is 294 g/mol. The van der Waals surface area contributed by atoms with Gasteiger partial charge in [-0.2, -0.15) is 0 Å². The van der Waals surface area contributed by atoms with Crippen LogP contribution in [0, 0.1) is 5.92 Å². The molecule has 1 aliphatic rings. The molecule has 5 heteroatoms. The number of hydrogen-bond acceptors (Lipinski definition) is 4. The van der Waals surface area contributed by atoms with Gasteiger partial charge in [-0.15, -0.1) is 0 Å².